The maximum absolute atomic E-state index is 12.7. The Labute approximate surface area is 121 Å². The zero-order valence-corrected chi connectivity index (χ0v) is 11.7. The van der Waals surface area contributed by atoms with Crippen LogP contribution in [0.4, 0.5) is 0 Å². The fourth-order valence-corrected chi connectivity index (χ4v) is 2.49. The number of carbonyl (C=O) groups is 2. The van der Waals surface area contributed by atoms with Crippen molar-refractivity contribution in [2.75, 3.05) is 19.6 Å². The van der Waals surface area contributed by atoms with E-state index in [4.69, 9.17) is 0 Å². The molecule has 3 heterocycles. The van der Waals surface area contributed by atoms with E-state index >= 15 is 0 Å². The van der Waals surface area contributed by atoms with Crippen LogP contribution < -0.4 is 5.32 Å². The lowest BCUT2D eigenvalue weighted by molar-refractivity contribution is -0.121. The van der Waals surface area contributed by atoms with E-state index in [9.17, 15) is 9.59 Å². The Morgan fingerprint density at radius 2 is 2.29 bits per heavy atom. The van der Waals surface area contributed by atoms with Gasteiger partial charge >= 0.3 is 0 Å². The second-order valence-corrected chi connectivity index (χ2v) is 4.87. The second-order valence-electron chi connectivity index (χ2n) is 4.87. The van der Waals surface area contributed by atoms with Gasteiger partial charge in [-0.15, -0.1) is 0 Å². The normalized spacial score (nSPS) is 15.9. The molecular weight excluding hydrogens is 272 g/mol. The molecule has 2 amide bonds. The standard InChI is InChI=1S/C13H16N6O2/c1-2-10-9(6-15-13-16-8-17-19(10)13)12(21)18-5-3-4-14-11(20)7-18/h6,8H,2-5,7H2,1H3,(H,14,20). The third-order valence-electron chi connectivity index (χ3n) is 3.52. The maximum atomic E-state index is 12.7. The second kappa shape index (κ2) is 5.47. The molecule has 8 nitrogen and oxygen atoms in total. The van der Waals surface area contributed by atoms with Crippen LogP contribution in [0, 0.1) is 0 Å². The van der Waals surface area contributed by atoms with Crippen LogP contribution in [0.5, 0.6) is 0 Å². The monoisotopic (exact) mass is 288 g/mol. The molecule has 0 atom stereocenters. The molecule has 2 aromatic heterocycles. The minimum absolute atomic E-state index is 0.0807. The Morgan fingerprint density at radius 3 is 3.10 bits per heavy atom. The molecule has 0 saturated carbocycles. The van der Waals surface area contributed by atoms with Crippen LogP contribution >= 0.6 is 0 Å². The molecule has 0 aliphatic carbocycles. The van der Waals surface area contributed by atoms with Crippen molar-refractivity contribution in [3.8, 4) is 0 Å². The molecule has 110 valence electrons. The van der Waals surface area contributed by atoms with Crippen molar-refractivity contribution in [2.45, 2.75) is 19.8 Å². The third kappa shape index (κ3) is 2.44. The van der Waals surface area contributed by atoms with Gasteiger partial charge < -0.3 is 10.2 Å². The van der Waals surface area contributed by atoms with Gasteiger partial charge in [-0.25, -0.2) is 9.50 Å². The number of aryl methyl sites for hydroxylation is 1. The highest BCUT2D eigenvalue weighted by Crippen LogP contribution is 2.13. The summed E-state index contributed by atoms with van der Waals surface area (Å²) >= 11 is 0. The Hall–Kier alpha value is -2.51. The summed E-state index contributed by atoms with van der Waals surface area (Å²) in [5, 5.41) is 6.86. The molecule has 2 aromatic rings. The molecule has 8 heteroatoms. The fraction of sp³-hybridized carbons (Fsp3) is 0.462. The molecule has 0 bridgehead atoms. The first-order valence-electron chi connectivity index (χ1n) is 6.94. The van der Waals surface area contributed by atoms with Gasteiger partial charge in [0.2, 0.25) is 5.91 Å². The average molecular weight is 288 g/mol. The van der Waals surface area contributed by atoms with Gasteiger partial charge in [0, 0.05) is 19.3 Å². The van der Waals surface area contributed by atoms with Crippen molar-refractivity contribution in [2.24, 2.45) is 0 Å². The summed E-state index contributed by atoms with van der Waals surface area (Å²) in [7, 11) is 0. The van der Waals surface area contributed by atoms with Gasteiger partial charge in [-0.3, -0.25) is 9.59 Å². The zero-order chi connectivity index (χ0) is 14.8. The summed E-state index contributed by atoms with van der Waals surface area (Å²) in [4.78, 5) is 34.0. The van der Waals surface area contributed by atoms with Gasteiger partial charge in [-0.05, 0) is 12.8 Å². The summed E-state index contributed by atoms with van der Waals surface area (Å²) in [6, 6.07) is 0. The van der Waals surface area contributed by atoms with E-state index in [0.29, 0.717) is 30.9 Å². The minimum atomic E-state index is -0.186. The molecule has 0 aromatic carbocycles. The average Bonchev–Trinajstić information content (AvgIpc) is 2.86. The van der Waals surface area contributed by atoms with Crippen LogP contribution in [-0.2, 0) is 11.2 Å². The number of nitrogens with one attached hydrogen (secondary N) is 1. The summed E-state index contributed by atoms with van der Waals surface area (Å²) in [5.74, 6) is 0.152. The summed E-state index contributed by atoms with van der Waals surface area (Å²) in [6.07, 6.45) is 4.31. The first kappa shape index (κ1) is 13.5. The van der Waals surface area contributed by atoms with E-state index in [1.165, 1.54) is 12.5 Å². The highest BCUT2D eigenvalue weighted by atomic mass is 16.2. The van der Waals surface area contributed by atoms with Gasteiger partial charge in [0.25, 0.3) is 11.7 Å². The maximum Gasteiger partial charge on any atom is 0.257 e. The van der Waals surface area contributed by atoms with Crippen molar-refractivity contribution in [1.29, 1.82) is 0 Å². The van der Waals surface area contributed by atoms with Gasteiger partial charge in [-0.1, -0.05) is 6.92 Å². The molecular formula is C13H16N6O2. The van der Waals surface area contributed by atoms with Gasteiger partial charge in [-0.2, -0.15) is 10.1 Å². The SMILES string of the molecule is CCc1c(C(=O)N2CCCNC(=O)C2)cnc2ncnn12. The molecule has 0 unspecified atom stereocenters. The lowest BCUT2D eigenvalue weighted by atomic mass is 10.1. The van der Waals surface area contributed by atoms with Crippen molar-refractivity contribution < 1.29 is 9.59 Å². The van der Waals surface area contributed by atoms with E-state index in [-0.39, 0.29) is 18.4 Å². The molecule has 1 aliphatic rings. The zero-order valence-electron chi connectivity index (χ0n) is 11.7. The molecule has 3 rings (SSSR count). The van der Waals surface area contributed by atoms with Crippen LogP contribution in [0.15, 0.2) is 12.5 Å². The highest BCUT2D eigenvalue weighted by molar-refractivity contribution is 5.97. The van der Waals surface area contributed by atoms with Crippen LogP contribution in [0.2, 0.25) is 0 Å². The quantitative estimate of drug-likeness (QED) is 0.815. The first-order valence-corrected chi connectivity index (χ1v) is 6.94. The Morgan fingerprint density at radius 1 is 1.43 bits per heavy atom. The number of hydrogen-bond acceptors (Lipinski definition) is 5. The predicted molar refractivity (Wildman–Crippen MR) is 73.7 cm³/mol. The van der Waals surface area contributed by atoms with E-state index in [2.05, 4.69) is 20.4 Å². The van der Waals surface area contributed by atoms with Crippen molar-refractivity contribution in [3.63, 3.8) is 0 Å². The predicted octanol–water partition coefficient (Wildman–Crippen LogP) is -0.351. The molecule has 1 N–H and O–H groups in total. The molecule has 0 spiro atoms. The number of nitrogens with zero attached hydrogens (tertiary/aromatic N) is 5. The Bertz CT molecular complexity index is 695. The summed E-state index contributed by atoms with van der Waals surface area (Å²) < 4.78 is 1.57. The number of aromatic nitrogens is 4. The summed E-state index contributed by atoms with van der Waals surface area (Å²) in [6.45, 7) is 3.18. The molecule has 1 aliphatic heterocycles. The Kier molecular flexibility index (Phi) is 3.51. The number of hydrogen-bond donors (Lipinski definition) is 1. The van der Waals surface area contributed by atoms with Gasteiger partial charge in [0.1, 0.15) is 6.33 Å². The van der Waals surface area contributed by atoms with Crippen LogP contribution in [0.25, 0.3) is 5.78 Å². The van der Waals surface area contributed by atoms with Gasteiger partial charge in [0.15, 0.2) is 0 Å². The molecule has 21 heavy (non-hydrogen) atoms. The number of fused-ring (bicyclic) bond motifs is 1. The largest absolute Gasteiger partial charge is 0.354 e. The topological polar surface area (TPSA) is 92.5 Å². The van der Waals surface area contributed by atoms with E-state index in [1.807, 2.05) is 6.92 Å². The van der Waals surface area contributed by atoms with E-state index in [1.54, 1.807) is 9.42 Å². The van der Waals surface area contributed by atoms with Crippen molar-refractivity contribution >= 4 is 17.6 Å². The Balaban J connectivity index is 1.98. The van der Waals surface area contributed by atoms with Crippen molar-refractivity contribution in [3.05, 3.63) is 23.8 Å². The number of carbonyl (C=O) groups excluding carboxylic acids is 2. The number of amides is 2. The van der Waals surface area contributed by atoms with Crippen molar-refractivity contribution in [1.82, 2.24) is 29.8 Å². The van der Waals surface area contributed by atoms with Crippen LogP contribution in [0.3, 0.4) is 0 Å². The fourth-order valence-electron chi connectivity index (χ4n) is 2.49. The lowest BCUT2D eigenvalue weighted by Gasteiger charge is -2.20. The molecule has 1 saturated heterocycles. The molecule has 0 radical (unpaired) electrons. The first-order chi connectivity index (χ1) is 10.2. The van der Waals surface area contributed by atoms with E-state index in [0.717, 1.165) is 12.1 Å². The molecule has 1 fully saturated rings. The highest BCUT2D eigenvalue weighted by Gasteiger charge is 2.24. The minimum Gasteiger partial charge on any atom is -0.354 e. The van der Waals surface area contributed by atoms with Crippen LogP contribution in [0.1, 0.15) is 29.4 Å². The van der Waals surface area contributed by atoms with Gasteiger partial charge in [0.05, 0.1) is 17.8 Å². The van der Waals surface area contributed by atoms with Crippen LogP contribution in [-0.4, -0.2) is 55.9 Å². The number of rotatable bonds is 2. The van der Waals surface area contributed by atoms with E-state index < -0.39 is 0 Å². The third-order valence-corrected chi connectivity index (χ3v) is 3.52. The smallest absolute Gasteiger partial charge is 0.257 e. The lowest BCUT2D eigenvalue weighted by Crippen LogP contribution is -2.38. The summed E-state index contributed by atoms with van der Waals surface area (Å²) in [5.41, 5.74) is 1.23.